The molecule has 184 valence electrons. The third-order valence-corrected chi connectivity index (χ3v) is 6.62. The van der Waals surface area contributed by atoms with Gasteiger partial charge < -0.3 is 24.6 Å². The van der Waals surface area contributed by atoms with Crippen molar-refractivity contribution in [3.8, 4) is 23.0 Å². The summed E-state index contributed by atoms with van der Waals surface area (Å²) in [6.45, 7) is -0.237. The Bertz CT molecular complexity index is 1420. The van der Waals surface area contributed by atoms with Crippen molar-refractivity contribution in [3.05, 3.63) is 54.1 Å². The molecule has 1 fully saturated rings. The Balaban J connectivity index is 1.48. The molecular weight excluding hydrogens is 478 g/mol. The number of ether oxygens (including phenoxy) is 2. The Morgan fingerprint density at radius 3 is 2.46 bits per heavy atom. The van der Waals surface area contributed by atoms with Gasteiger partial charge >= 0.3 is 10.2 Å². The van der Waals surface area contributed by atoms with Crippen LogP contribution in [-0.4, -0.2) is 69.2 Å². The van der Waals surface area contributed by atoms with Crippen LogP contribution in [0.4, 0.5) is 5.69 Å². The number of benzene rings is 3. The first-order valence-electron chi connectivity index (χ1n) is 10.5. The summed E-state index contributed by atoms with van der Waals surface area (Å²) in [5.41, 5.74) is 0.0266. The highest BCUT2D eigenvalue weighted by Crippen LogP contribution is 2.36. The zero-order chi connectivity index (χ0) is 25.3. The van der Waals surface area contributed by atoms with Gasteiger partial charge in [-0.05, 0) is 47.2 Å². The number of hydrogen-bond donors (Lipinski definition) is 3. The van der Waals surface area contributed by atoms with Crippen molar-refractivity contribution in [2.45, 2.75) is 0 Å². The smallest absolute Gasteiger partial charge is 0.326 e. The monoisotopic (exact) mass is 501 g/mol. The normalized spacial score (nSPS) is 14.6. The molecule has 11 nitrogen and oxygen atoms in total. The maximum atomic E-state index is 12.3. The second-order valence-electron chi connectivity index (χ2n) is 7.93. The molecule has 1 aliphatic heterocycles. The highest BCUT2D eigenvalue weighted by atomic mass is 32.2. The summed E-state index contributed by atoms with van der Waals surface area (Å²) in [7, 11) is -0.933. The summed E-state index contributed by atoms with van der Waals surface area (Å²) >= 11 is 0. The molecule has 1 heterocycles. The Kier molecular flexibility index (Phi) is 6.31. The maximum Gasteiger partial charge on any atom is 0.326 e. The summed E-state index contributed by atoms with van der Waals surface area (Å²) in [4.78, 5) is 25.2. The number of nitrogens with zero attached hydrogens (tertiary/aromatic N) is 2. The number of hydrogen-bond acceptors (Lipinski definition) is 8. The van der Waals surface area contributed by atoms with Crippen LogP contribution in [0.1, 0.15) is 10.4 Å². The van der Waals surface area contributed by atoms with E-state index < -0.39 is 28.6 Å². The van der Waals surface area contributed by atoms with Gasteiger partial charge in [-0.25, -0.2) is 9.03 Å². The molecule has 0 unspecified atom stereocenters. The van der Waals surface area contributed by atoms with Gasteiger partial charge in [0.05, 0.1) is 5.69 Å². The summed E-state index contributed by atoms with van der Waals surface area (Å²) in [5, 5.41) is 21.6. The standard InChI is InChI=1S/C23H23N3O8S/c1-25(2)23(30)22-18(27)4-3-5-20(22)34-9-8-33-16-7-6-14-12-19(28)17(11-15(14)10-16)26-13-21(29)24-35(26,31)32/h3-7,10-12,27-28H,8-9,13H2,1-2H3,(H,24,29). The van der Waals surface area contributed by atoms with Crippen LogP contribution in [0.2, 0.25) is 0 Å². The van der Waals surface area contributed by atoms with Crippen LogP contribution in [0.3, 0.4) is 0 Å². The quantitative estimate of drug-likeness (QED) is 0.414. The molecular formula is C23H23N3O8S. The maximum absolute atomic E-state index is 12.3. The second-order valence-corrected chi connectivity index (χ2v) is 9.53. The molecule has 3 N–H and O–H groups in total. The molecule has 0 radical (unpaired) electrons. The van der Waals surface area contributed by atoms with E-state index in [-0.39, 0.29) is 41.7 Å². The molecule has 0 aromatic heterocycles. The summed E-state index contributed by atoms with van der Waals surface area (Å²) in [6.07, 6.45) is 0. The molecule has 0 spiro atoms. The van der Waals surface area contributed by atoms with Crippen molar-refractivity contribution in [1.82, 2.24) is 9.62 Å². The fraction of sp³-hybridized carbons (Fsp3) is 0.217. The van der Waals surface area contributed by atoms with Crippen LogP contribution >= 0.6 is 0 Å². The predicted molar refractivity (Wildman–Crippen MR) is 127 cm³/mol. The molecule has 1 aliphatic rings. The minimum absolute atomic E-state index is 0.0293. The third kappa shape index (κ3) is 4.87. The van der Waals surface area contributed by atoms with Gasteiger partial charge in [-0.2, -0.15) is 8.42 Å². The van der Waals surface area contributed by atoms with Gasteiger partial charge in [0.25, 0.3) is 11.8 Å². The lowest BCUT2D eigenvalue weighted by atomic mass is 10.1. The zero-order valence-electron chi connectivity index (χ0n) is 18.9. The van der Waals surface area contributed by atoms with E-state index in [1.165, 1.54) is 23.1 Å². The Labute approximate surface area is 201 Å². The lowest BCUT2D eigenvalue weighted by molar-refractivity contribution is -0.117. The average molecular weight is 502 g/mol. The van der Waals surface area contributed by atoms with Crippen molar-refractivity contribution in [1.29, 1.82) is 0 Å². The van der Waals surface area contributed by atoms with Gasteiger partial charge in [0.2, 0.25) is 0 Å². The summed E-state index contributed by atoms with van der Waals surface area (Å²) in [6, 6.07) is 12.4. The van der Waals surface area contributed by atoms with Gasteiger partial charge in [0, 0.05) is 14.1 Å². The number of carbonyl (C=O) groups excluding carboxylic acids is 2. The number of fused-ring (bicyclic) bond motifs is 1. The number of phenols is 2. The topological polar surface area (TPSA) is 146 Å². The number of amides is 2. The van der Waals surface area contributed by atoms with E-state index in [1.807, 2.05) is 4.72 Å². The number of phenolic OH excluding ortho intramolecular Hbond substituents is 2. The second kappa shape index (κ2) is 9.22. The first-order chi connectivity index (χ1) is 16.6. The number of nitrogens with one attached hydrogen (secondary N) is 1. The Hall–Kier alpha value is -4.19. The van der Waals surface area contributed by atoms with Gasteiger partial charge in [0.1, 0.15) is 48.3 Å². The summed E-state index contributed by atoms with van der Waals surface area (Å²) < 4.78 is 38.3. The highest BCUT2D eigenvalue weighted by molar-refractivity contribution is 7.92. The van der Waals surface area contributed by atoms with Crippen LogP contribution < -0.4 is 18.5 Å². The first-order valence-corrected chi connectivity index (χ1v) is 11.9. The van der Waals surface area contributed by atoms with Crippen molar-refractivity contribution in [3.63, 3.8) is 0 Å². The molecule has 0 aliphatic carbocycles. The molecule has 0 saturated carbocycles. The van der Waals surface area contributed by atoms with E-state index in [9.17, 15) is 28.2 Å². The molecule has 2 amide bonds. The molecule has 12 heteroatoms. The van der Waals surface area contributed by atoms with Gasteiger partial charge in [-0.15, -0.1) is 0 Å². The van der Waals surface area contributed by atoms with Crippen molar-refractivity contribution in [2.75, 3.05) is 38.2 Å². The van der Waals surface area contributed by atoms with E-state index in [0.29, 0.717) is 16.5 Å². The van der Waals surface area contributed by atoms with Crippen LogP contribution in [-0.2, 0) is 15.0 Å². The van der Waals surface area contributed by atoms with E-state index in [4.69, 9.17) is 9.47 Å². The SMILES string of the molecule is CN(C)C(=O)c1c(O)cccc1OCCOc1ccc2cc(O)c(N3CC(=O)NS3(=O)=O)cc2c1. The molecule has 0 atom stereocenters. The van der Waals surface area contributed by atoms with Crippen LogP contribution in [0, 0.1) is 0 Å². The summed E-state index contributed by atoms with van der Waals surface area (Å²) in [5.74, 6) is -0.882. The van der Waals surface area contributed by atoms with Crippen LogP contribution in [0.5, 0.6) is 23.0 Å². The number of rotatable bonds is 7. The largest absolute Gasteiger partial charge is 0.507 e. The van der Waals surface area contributed by atoms with Crippen molar-refractivity contribution >= 4 is 38.5 Å². The molecule has 1 saturated heterocycles. The lowest BCUT2D eigenvalue weighted by Crippen LogP contribution is -2.29. The van der Waals surface area contributed by atoms with Crippen LogP contribution in [0.25, 0.3) is 10.8 Å². The third-order valence-electron chi connectivity index (χ3n) is 5.23. The lowest BCUT2D eigenvalue weighted by Gasteiger charge is -2.17. The van der Waals surface area contributed by atoms with E-state index in [2.05, 4.69) is 0 Å². The fourth-order valence-corrected chi connectivity index (χ4v) is 4.75. The molecule has 0 bridgehead atoms. The minimum atomic E-state index is -4.07. The number of carbonyl (C=O) groups is 2. The fourth-order valence-electron chi connectivity index (χ4n) is 3.59. The number of anilines is 1. The van der Waals surface area contributed by atoms with Gasteiger partial charge in [0.15, 0.2) is 0 Å². The molecule has 3 aromatic carbocycles. The van der Waals surface area contributed by atoms with E-state index >= 15 is 0 Å². The van der Waals surface area contributed by atoms with E-state index in [0.717, 1.165) is 4.31 Å². The minimum Gasteiger partial charge on any atom is -0.507 e. The zero-order valence-corrected chi connectivity index (χ0v) is 19.7. The van der Waals surface area contributed by atoms with Gasteiger partial charge in [-0.1, -0.05) is 12.1 Å². The van der Waals surface area contributed by atoms with Gasteiger partial charge in [-0.3, -0.25) is 9.59 Å². The first kappa shape index (κ1) is 24.0. The average Bonchev–Trinajstić information content (AvgIpc) is 3.07. The van der Waals surface area contributed by atoms with E-state index in [1.54, 1.807) is 44.4 Å². The molecule has 35 heavy (non-hydrogen) atoms. The highest BCUT2D eigenvalue weighted by Gasteiger charge is 2.35. The van der Waals surface area contributed by atoms with Crippen LogP contribution in [0.15, 0.2) is 48.5 Å². The molecule has 4 rings (SSSR count). The van der Waals surface area contributed by atoms with Crippen molar-refractivity contribution in [2.24, 2.45) is 0 Å². The predicted octanol–water partition coefficient (Wildman–Crippen LogP) is 1.59. The molecule has 3 aromatic rings. The Morgan fingerprint density at radius 2 is 1.77 bits per heavy atom. The van der Waals surface area contributed by atoms with Crippen molar-refractivity contribution < 1.29 is 37.7 Å². The Morgan fingerprint density at radius 1 is 1.03 bits per heavy atom. The number of aromatic hydroxyl groups is 2.